The van der Waals surface area contributed by atoms with Crippen molar-refractivity contribution in [1.82, 2.24) is 9.97 Å². The molecule has 1 aromatic heterocycles. The molecule has 1 aromatic carbocycles. The predicted octanol–water partition coefficient (Wildman–Crippen LogP) is 1.76. The maximum atomic E-state index is 5.67. The molecular weight excluding hydrogens is 200 g/mol. The van der Waals surface area contributed by atoms with Crippen LogP contribution in [0.5, 0.6) is 0 Å². The van der Waals surface area contributed by atoms with Gasteiger partial charge in [0.05, 0.1) is 5.69 Å². The fourth-order valence-electron chi connectivity index (χ4n) is 1.49. The molecule has 0 saturated carbocycles. The molecule has 2 rings (SSSR count). The highest BCUT2D eigenvalue weighted by atomic mass is 15.4. The average molecular weight is 214 g/mol. The molecule has 0 radical (unpaired) electrons. The Hall–Kier alpha value is -1.94. The minimum Gasteiger partial charge on any atom is -0.298 e. The number of rotatable bonds is 2. The molecule has 2 aromatic rings. The molecular formula is C12H14N4. The molecule has 0 spiro atoms. The first-order chi connectivity index (χ1) is 7.66. The zero-order valence-corrected chi connectivity index (χ0v) is 9.38. The van der Waals surface area contributed by atoms with Crippen LogP contribution in [0.1, 0.15) is 5.82 Å². The van der Waals surface area contributed by atoms with E-state index in [1.807, 2.05) is 43.3 Å². The van der Waals surface area contributed by atoms with E-state index < -0.39 is 0 Å². The normalized spacial score (nSPS) is 10.2. The van der Waals surface area contributed by atoms with E-state index in [4.69, 9.17) is 5.84 Å². The van der Waals surface area contributed by atoms with Crippen molar-refractivity contribution in [2.45, 2.75) is 6.92 Å². The van der Waals surface area contributed by atoms with Gasteiger partial charge in [-0.05, 0) is 6.92 Å². The average Bonchev–Trinajstić information content (AvgIpc) is 2.29. The fourth-order valence-corrected chi connectivity index (χ4v) is 1.49. The standard InChI is InChI=1S/C12H14N4/c1-9-14-11(8-12(15-9)16(2)13)10-6-4-3-5-7-10/h3-8H,13H2,1-2H3. The van der Waals surface area contributed by atoms with E-state index in [1.54, 1.807) is 7.05 Å². The van der Waals surface area contributed by atoms with Gasteiger partial charge >= 0.3 is 0 Å². The Kier molecular flexibility index (Phi) is 2.83. The molecule has 0 aliphatic heterocycles. The minimum atomic E-state index is 0.714. The molecule has 4 heteroatoms. The van der Waals surface area contributed by atoms with Gasteiger partial charge in [0.2, 0.25) is 0 Å². The van der Waals surface area contributed by atoms with Crippen molar-refractivity contribution in [2.24, 2.45) is 5.84 Å². The summed E-state index contributed by atoms with van der Waals surface area (Å²) in [5.74, 6) is 7.10. The third-order valence-corrected chi connectivity index (χ3v) is 2.26. The maximum Gasteiger partial charge on any atom is 0.146 e. The van der Waals surface area contributed by atoms with E-state index in [0.29, 0.717) is 11.6 Å². The van der Waals surface area contributed by atoms with E-state index in [2.05, 4.69) is 9.97 Å². The lowest BCUT2D eigenvalue weighted by Gasteiger charge is -2.12. The molecule has 0 saturated heterocycles. The summed E-state index contributed by atoms with van der Waals surface area (Å²) in [4.78, 5) is 8.64. The van der Waals surface area contributed by atoms with E-state index in [-0.39, 0.29) is 0 Å². The summed E-state index contributed by atoms with van der Waals surface area (Å²) in [6, 6.07) is 11.9. The van der Waals surface area contributed by atoms with E-state index in [1.165, 1.54) is 5.01 Å². The van der Waals surface area contributed by atoms with Crippen LogP contribution in [-0.2, 0) is 0 Å². The van der Waals surface area contributed by atoms with Crippen LogP contribution in [0.4, 0.5) is 5.82 Å². The Bertz CT molecular complexity index is 480. The van der Waals surface area contributed by atoms with Gasteiger partial charge in [-0.15, -0.1) is 0 Å². The fraction of sp³-hybridized carbons (Fsp3) is 0.167. The Morgan fingerprint density at radius 1 is 1.12 bits per heavy atom. The second-order valence-corrected chi connectivity index (χ2v) is 3.64. The first-order valence-electron chi connectivity index (χ1n) is 5.06. The Morgan fingerprint density at radius 3 is 2.44 bits per heavy atom. The van der Waals surface area contributed by atoms with Gasteiger partial charge < -0.3 is 0 Å². The van der Waals surface area contributed by atoms with Gasteiger partial charge in [-0.2, -0.15) is 0 Å². The maximum absolute atomic E-state index is 5.67. The number of aromatic nitrogens is 2. The van der Waals surface area contributed by atoms with E-state index >= 15 is 0 Å². The topological polar surface area (TPSA) is 55.0 Å². The number of nitrogens with zero attached hydrogens (tertiary/aromatic N) is 3. The number of hydrogen-bond acceptors (Lipinski definition) is 4. The molecule has 1 heterocycles. The molecule has 0 aliphatic carbocycles. The quantitative estimate of drug-likeness (QED) is 0.611. The van der Waals surface area contributed by atoms with Crippen LogP contribution in [0.25, 0.3) is 11.3 Å². The second-order valence-electron chi connectivity index (χ2n) is 3.64. The van der Waals surface area contributed by atoms with Crippen LogP contribution in [0, 0.1) is 6.92 Å². The summed E-state index contributed by atoms with van der Waals surface area (Å²) >= 11 is 0. The zero-order chi connectivity index (χ0) is 11.5. The molecule has 4 nitrogen and oxygen atoms in total. The highest BCUT2D eigenvalue weighted by Gasteiger charge is 2.05. The number of hydrogen-bond donors (Lipinski definition) is 1. The smallest absolute Gasteiger partial charge is 0.146 e. The molecule has 16 heavy (non-hydrogen) atoms. The van der Waals surface area contributed by atoms with Gasteiger partial charge in [-0.25, -0.2) is 15.8 Å². The van der Waals surface area contributed by atoms with Crippen molar-refractivity contribution in [3.05, 3.63) is 42.2 Å². The van der Waals surface area contributed by atoms with Crippen molar-refractivity contribution >= 4 is 5.82 Å². The highest BCUT2D eigenvalue weighted by Crippen LogP contribution is 2.19. The lowest BCUT2D eigenvalue weighted by molar-refractivity contribution is 0.940. The highest BCUT2D eigenvalue weighted by molar-refractivity contribution is 5.62. The van der Waals surface area contributed by atoms with Crippen molar-refractivity contribution in [1.29, 1.82) is 0 Å². The number of benzene rings is 1. The Balaban J connectivity index is 2.50. The summed E-state index contributed by atoms with van der Waals surface area (Å²) in [6.07, 6.45) is 0. The van der Waals surface area contributed by atoms with Gasteiger partial charge in [-0.3, -0.25) is 5.01 Å². The summed E-state index contributed by atoms with van der Waals surface area (Å²) in [7, 11) is 1.76. The van der Waals surface area contributed by atoms with Crippen molar-refractivity contribution in [3.8, 4) is 11.3 Å². The number of anilines is 1. The first kappa shape index (κ1) is 10.6. The number of nitrogens with two attached hydrogens (primary N) is 1. The van der Waals surface area contributed by atoms with Gasteiger partial charge in [0.25, 0.3) is 0 Å². The van der Waals surface area contributed by atoms with Crippen LogP contribution >= 0.6 is 0 Å². The van der Waals surface area contributed by atoms with Crippen LogP contribution in [0.2, 0.25) is 0 Å². The van der Waals surface area contributed by atoms with E-state index in [9.17, 15) is 0 Å². The largest absolute Gasteiger partial charge is 0.298 e. The summed E-state index contributed by atoms with van der Waals surface area (Å²) < 4.78 is 0. The predicted molar refractivity (Wildman–Crippen MR) is 64.8 cm³/mol. The van der Waals surface area contributed by atoms with Crippen LogP contribution < -0.4 is 10.9 Å². The third kappa shape index (κ3) is 2.17. The minimum absolute atomic E-state index is 0.714. The van der Waals surface area contributed by atoms with Crippen LogP contribution in [0.3, 0.4) is 0 Å². The van der Waals surface area contributed by atoms with Crippen LogP contribution in [-0.4, -0.2) is 17.0 Å². The van der Waals surface area contributed by atoms with Crippen molar-refractivity contribution in [2.75, 3.05) is 12.1 Å². The molecule has 0 amide bonds. The number of hydrazine groups is 1. The third-order valence-electron chi connectivity index (χ3n) is 2.26. The van der Waals surface area contributed by atoms with E-state index in [0.717, 1.165) is 11.3 Å². The van der Waals surface area contributed by atoms with Gasteiger partial charge in [0.15, 0.2) is 0 Å². The van der Waals surface area contributed by atoms with Gasteiger partial charge in [0.1, 0.15) is 11.6 Å². The monoisotopic (exact) mass is 214 g/mol. The van der Waals surface area contributed by atoms with Crippen molar-refractivity contribution in [3.63, 3.8) is 0 Å². The van der Waals surface area contributed by atoms with Crippen molar-refractivity contribution < 1.29 is 0 Å². The SMILES string of the molecule is Cc1nc(-c2ccccc2)cc(N(C)N)n1. The summed E-state index contributed by atoms with van der Waals surface area (Å²) in [5.41, 5.74) is 1.96. The summed E-state index contributed by atoms with van der Waals surface area (Å²) in [6.45, 7) is 1.86. The van der Waals surface area contributed by atoms with Gasteiger partial charge in [-0.1, -0.05) is 30.3 Å². The molecule has 0 aliphatic rings. The summed E-state index contributed by atoms with van der Waals surface area (Å²) in [5, 5.41) is 1.49. The lowest BCUT2D eigenvalue weighted by atomic mass is 10.1. The van der Waals surface area contributed by atoms with Gasteiger partial charge in [0, 0.05) is 18.7 Å². The molecule has 0 fully saturated rings. The molecule has 0 atom stereocenters. The van der Waals surface area contributed by atoms with Crippen LogP contribution in [0.15, 0.2) is 36.4 Å². The molecule has 2 N–H and O–H groups in total. The molecule has 82 valence electrons. The number of aryl methyl sites for hydroxylation is 1. The Labute approximate surface area is 94.7 Å². The molecule has 0 unspecified atom stereocenters. The molecule has 0 bridgehead atoms. The lowest BCUT2D eigenvalue weighted by Crippen LogP contribution is -2.26. The second kappa shape index (κ2) is 4.28. The Morgan fingerprint density at radius 2 is 1.81 bits per heavy atom. The first-order valence-corrected chi connectivity index (χ1v) is 5.06. The zero-order valence-electron chi connectivity index (χ0n) is 9.38.